The maximum absolute atomic E-state index is 12.5. The molecule has 1 aliphatic rings. The maximum atomic E-state index is 12.5. The summed E-state index contributed by atoms with van der Waals surface area (Å²) < 4.78 is 0. The lowest BCUT2D eigenvalue weighted by Crippen LogP contribution is -2.51. The first-order valence-electron chi connectivity index (χ1n) is 6.57. The summed E-state index contributed by atoms with van der Waals surface area (Å²) in [6.07, 6.45) is 0. The van der Waals surface area contributed by atoms with Gasteiger partial charge in [0.05, 0.1) is 5.54 Å². The summed E-state index contributed by atoms with van der Waals surface area (Å²) >= 11 is 0. The van der Waals surface area contributed by atoms with Crippen LogP contribution in [0, 0.1) is 5.92 Å². The Morgan fingerprint density at radius 1 is 1.33 bits per heavy atom. The molecule has 1 saturated heterocycles. The van der Waals surface area contributed by atoms with Gasteiger partial charge in [0, 0.05) is 19.6 Å². The van der Waals surface area contributed by atoms with E-state index in [0.29, 0.717) is 12.5 Å². The predicted molar refractivity (Wildman–Crippen MR) is 73.1 cm³/mol. The number of nitrogens with zero attached hydrogens (tertiary/aromatic N) is 1. The van der Waals surface area contributed by atoms with E-state index in [1.165, 1.54) is 5.56 Å². The minimum Gasteiger partial charge on any atom is -0.336 e. The SMILES string of the molecule is CC1CNC(C)(C)C(=O)N(Cc2ccccc2)C1. The van der Waals surface area contributed by atoms with E-state index in [9.17, 15) is 4.79 Å². The normalized spacial score (nSPS) is 23.8. The molecule has 1 fully saturated rings. The Balaban J connectivity index is 2.16. The third-order valence-corrected chi connectivity index (χ3v) is 3.46. The van der Waals surface area contributed by atoms with Crippen LogP contribution in [0.1, 0.15) is 26.3 Å². The van der Waals surface area contributed by atoms with Gasteiger partial charge in [-0.25, -0.2) is 0 Å². The van der Waals surface area contributed by atoms with E-state index in [2.05, 4.69) is 24.4 Å². The lowest BCUT2D eigenvalue weighted by atomic mass is 10.0. The Kier molecular flexibility index (Phi) is 3.71. The molecule has 1 amide bonds. The van der Waals surface area contributed by atoms with Gasteiger partial charge in [0.2, 0.25) is 5.91 Å². The number of hydrogen-bond acceptors (Lipinski definition) is 2. The van der Waals surface area contributed by atoms with Crippen LogP contribution in [-0.2, 0) is 11.3 Å². The summed E-state index contributed by atoms with van der Waals surface area (Å²) in [5, 5.41) is 3.34. The molecular weight excluding hydrogens is 224 g/mol. The second kappa shape index (κ2) is 5.11. The van der Waals surface area contributed by atoms with E-state index in [1.54, 1.807) is 0 Å². The van der Waals surface area contributed by atoms with E-state index in [0.717, 1.165) is 13.1 Å². The van der Waals surface area contributed by atoms with Gasteiger partial charge >= 0.3 is 0 Å². The number of nitrogens with one attached hydrogen (secondary N) is 1. The molecule has 0 spiro atoms. The van der Waals surface area contributed by atoms with Crippen LogP contribution in [0.25, 0.3) is 0 Å². The summed E-state index contributed by atoms with van der Waals surface area (Å²) in [5.41, 5.74) is 0.732. The summed E-state index contributed by atoms with van der Waals surface area (Å²) in [6, 6.07) is 10.2. The van der Waals surface area contributed by atoms with Crippen molar-refractivity contribution in [3.05, 3.63) is 35.9 Å². The van der Waals surface area contributed by atoms with E-state index in [4.69, 9.17) is 0 Å². The van der Waals surface area contributed by atoms with Gasteiger partial charge in [-0.3, -0.25) is 4.79 Å². The molecule has 0 aliphatic carbocycles. The number of hydrogen-bond donors (Lipinski definition) is 1. The van der Waals surface area contributed by atoms with Crippen molar-refractivity contribution in [1.82, 2.24) is 10.2 Å². The zero-order valence-corrected chi connectivity index (χ0v) is 11.4. The molecule has 0 aromatic heterocycles. The molecule has 3 nitrogen and oxygen atoms in total. The highest BCUT2D eigenvalue weighted by atomic mass is 16.2. The van der Waals surface area contributed by atoms with E-state index < -0.39 is 5.54 Å². The van der Waals surface area contributed by atoms with Gasteiger partial charge < -0.3 is 10.2 Å². The Labute approximate surface area is 109 Å². The average molecular weight is 246 g/mol. The molecule has 1 aromatic rings. The van der Waals surface area contributed by atoms with Crippen LogP contribution in [0.5, 0.6) is 0 Å². The maximum Gasteiger partial charge on any atom is 0.242 e. The van der Waals surface area contributed by atoms with Crippen LogP contribution < -0.4 is 5.32 Å². The highest BCUT2D eigenvalue weighted by molar-refractivity contribution is 5.85. The van der Waals surface area contributed by atoms with Crippen molar-refractivity contribution in [3.63, 3.8) is 0 Å². The third-order valence-electron chi connectivity index (χ3n) is 3.46. The molecule has 1 atom stereocenters. The minimum absolute atomic E-state index is 0.190. The molecule has 2 rings (SSSR count). The number of rotatable bonds is 2. The minimum atomic E-state index is -0.459. The van der Waals surface area contributed by atoms with Gasteiger partial charge in [-0.15, -0.1) is 0 Å². The zero-order valence-electron chi connectivity index (χ0n) is 11.4. The molecule has 1 N–H and O–H groups in total. The second-order valence-electron chi connectivity index (χ2n) is 5.78. The quantitative estimate of drug-likeness (QED) is 0.866. The van der Waals surface area contributed by atoms with Crippen LogP contribution in [0.2, 0.25) is 0 Å². The van der Waals surface area contributed by atoms with Gasteiger partial charge in [-0.2, -0.15) is 0 Å². The molecule has 1 unspecified atom stereocenters. The smallest absolute Gasteiger partial charge is 0.242 e. The number of benzene rings is 1. The van der Waals surface area contributed by atoms with E-state index in [-0.39, 0.29) is 5.91 Å². The van der Waals surface area contributed by atoms with Crippen molar-refractivity contribution in [2.24, 2.45) is 5.92 Å². The van der Waals surface area contributed by atoms with Gasteiger partial charge in [-0.05, 0) is 25.3 Å². The first kappa shape index (κ1) is 13.1. The van der Waals surface area contributed by atoms with Crippen molar-refractivity contribution in [3.8, 4) is 0 Å². The van der Waals surface area contributed by atoms with Crippen molar-refractivity contribution >= 4 is 5.91 Å². The van der Waals surface area contributed by atoms with Crippen LogP contribution in [0.3, 0.4) is 0 Å². The summed E-state index contributed by atoms with van der Waals surface area (Å²) in [7, 11) is 0. The summed E-state index contributed by atoms with van der Waals surface area (Å²) in [4.78, 5) is 14.5. The van der Waals surface area contributed by atoms with Gasteiger partial charge in [0.15, 0.2) is 0 Å². The van der Waals surface area contributed by atoms with Crippen molar-refractivity contribution in [2.75, 3.05) is 13.1 Å². The van der Waals surface area contributed by atoms with Crippen molar-refractivity contribution in [1.29, 1.82) is 0 Å². The monoisotopic (exact) mass is 246 g/mol. The van der Waals surface area contributed by atoms with Gasteiger partial charge in [-0.1, -0.05) is 37.3 Å². The second-order valence-corrected chi connectivity index (χ2v) is 5.78. The Morgan fingerprint density at radius 2 is 2.00 bits per heavy atom. The third kappa shape index (κ3) is 2.91. The number of carbonyl (C=O) groups excluding carboxylic acids is 1. The van der Waals surface area contributed by atoms with Crippen molar-refractivity contribution in [2.45, 2.75) is 32.9 Å². The molecule has 1 aromatic carbocycles. The Hall–Kier alpha value is -1.35. The zero-order chi connectivity index (χ0) is 13.2. The fraction of sp³-hybridized carbons (Fsp3) is 0.533. The Bertz CT molecular complexity index is 414. The molecule has 98 valence electrons. The van der Waals surface area contributed by atoms with Crippen LogP contribution in [-0.4, -0.2) is 29.4 Å². The molecule has 0 saturated carbocycles. The van der Waals surface area contributed by atoms with Gasteiger partial charge in [0.25, 0.3) is 0 Å². The molecule has 1 heterocycles. The van der Waals surface area contributed by atoms with E-state index >= 15 is 0 Å². The lowest BCUT2D eigenvalue weighted by molar-refractivity contribution is -0.136. The molecule has 0 radical (unpaired) electrons. The Morgan fingerprint density at radius 3 is 2.67 bits per heavy atom. The number of carbonyl (C=O) groups is 1. The van der Waals surface area contributed by atoms with Gasteiger partial charge in [0.1, 0.15) is 0 Å². The first-order chi connectivity index (χ1) is 8.49. The number of amides is 1. The standard InChI is InChI=1S/C15H22N2O/c1-12-9-16-15(2,3)14(18)17(10-12)11-13-7-5-4-6-8-13/h4-8,12,16H,9-11H2,1-3H3. The van der Waals surface area contributed by atoms with Crippen LogP contribution in [0.4, 0.5) is 0 Å². The largest absolute Gasteiger partial charge is 0.336 e. The average Bonchev–Trinajstić information content (AvgIpc) is 2.44. The highest BCUT2D eigenvalue weighted by Crippen LogP contribution is 2.17. The molecule has 1 aliphatic heterocycles. The predicted octanol–water partition coefficient (Wildman–Crippen LogP) is 2.03. The molecule has 18 heavy (non-hydrogen) atoms. The fourth-order valence-corrected chi connectivity index (χ4v) is 2.36. The fourth-order valence-electron chi connectivity index (χ4n) is 2.36. The molecule has 0 bridgehead atoms. The van der Waals surface area contributed by atoms with Crippen molar-refractivity contribution < 1.29 is 4.79 Å². The van der Waals surface area contributed by atoms with Crippen LogP contribution >= 0.6 is 0 Å². The summed E-state index contributed by atoms with van der Waals surface area (Å²) in [5.74, 6) is 0.676. The highest BCUT2D eigenvalue weighted by Gasteiger charge is 2.35. The van der Waals surface area contributed by atoms with E-state index in [1.807, 2.05) is 36.9 Å². The lowest BCUT2D eigenvalue weighted by Gasteiger charge is -2.29. The first-order valence-corrected chi connectivity index (χ1v) is 6.57. The summed E-state index contributed by atoms with van der Waals surface area (Å²) in [6.45, 7) is 8.53. The molecular formula is C15H22N2O. The molecule has 3 heteroatoms. The topological polar surface area (TPSA) is 32.3 Å². The van der Waals surface area contributed by atoms with Crippen LogP contribution in [0.15, 0.2) is 30.3 Å².